The van der Waals surface area contributed by atoms with Gasteiger partial charge in [-0.25, -0.2) is 0 Å². The highest BCUT2D eigenvalue weighted by Gasteiger charge is 2.51. The molecule has 3 amide bonds. The molecule has 0 aliphatic carbocycles. The molecule has 1 unspecified atom stereocenters. The van der Waals surface area contributed by atoms with E-state index < -0.39 is 5.54 Å². The van der Waals surface area contributed by atoms with Crippen molar-refractivity contribution in [1.82, 2.24) is 10.2 Å². The predicted octanol–water partition coefficient (Wildman–Crippen LogP) is 0.871. The summed E-state index contributed by atoms with van der Waals surface area (Å²) in [5.41, 5.74) is 6.33. The molecule has 1 aromatic heterocycles. The average Bonchev–Trinajstić information content (AvgIpc) is 2.93. The van der Waals surface area contributed by atoms with E-state index >= 15 is 0 Å². The maximum absolute atomic E-state index is 12.5. The number of hydrogen-bond acceptors (Lipinski definition) is 5. The molecule has 1 aromatic rings. The van der Waals surface area contributed by atoms with Crippen LogP contribution in [0, 0.1) is 0 Å². The van der Waals surface area contributed by atoms with Crippen molar-refractivity contribution < 1.29 is 14.4 Å². The van der Waals surface area contributed by atoms with Crippen LogP contribution in [-0.4, -0.2) is 28.2 Å². The van der Waals surface area contributed by atoms with Crippen molar-refractivity contribution in [2.24, 2.45) is 0 Å². The molecule has 6 nitrogen and oxygen atoms in total. The van der Waals surface area contributed by atoms with E-state index in [4.69, 9.17) is 5.73 Å². The van der Waals surface area contributed by atoms with E-state index in [-0.39, 0.29) is 24.1 Å². The van der Waals surface area contributed by atoms with Gasteiger partial charge >= 0.3 is 0 Å². The summed E-state index contributed by atoms with van der Waals surface area (Å²) >= 11 is 1.34. The Morgan fingerprint density at radius 1 is 1.45 bits per heavy atom. The van der Waals surface area contributed by atoms with E-state index in [1.165, 1.54) is 11.3 Å². The van der Waals surface area contributed by atoms with E-state index in [0.29, 0.717) is 30.0 Å². The van der Waals surface area contributed by atoms with Gasteiger partial charge in [-0.2, -0.15) is 0 Å². The third-order valence-electron chi connectivity index (χ3n) is 4.26. The first-order chi connectivity index (χ1) is 9.49. The number of hydrogen-bond donors (Lipinski definition) is 2. The van der Waals surface area contributed by atoms with E-state index in [1.807, 2.05) is 6.92 Å². The van der Waals surface area contributed by atoms with Crippen LogP contribution in [0.15, 0.2) is 5.38 Å². The van der Waals surface area contributed by atoms with Crippen molar-refractivity contribution in [2.45, 2.75) is 38.3 Å². The van der Waals surface area contributed by atoms with Crippen LogP contribution in [0.3, 0.4) is 0 Å². The zero-order valence-corrected chi connectivity index (χ0v) is 11.9. The zero-order valence-electron chi connectivity index (χ0n) is 11.1. The molecule has 1 fully saturated rings. The molecule has 0 aromatic carbocycles. The lowest BCUT2D eigenvalue weighted by Gasteiger charge is -2.42. The summed E-state index contributed by atoms with van der Waals surface area (Å²) in [6.45, 7) is 2.20. The van der Waals surface area contributed by atoms with Crippen molar-refractivity contribution in [1.29, 1.82) is 0 Å². The number of amides is 3. The standard InChI is InChI=1S/C13H15N3O3S/c1-2-13(4-3-9(17)15-12(13)19)16-5-7-8(11(16)18)6-20-10(7)14/h6H,2-5,14H2,1H3,(H,15,17,19). The second-order valence-electron chi connectivity index (χ2n) is 5.15. The Labute approximate surface area is 119 Å². The van der Waals surface area contributed by atoms with Gasteiger partial charge in [0, 0.05) is 17.4 Å². The van der Waals surface area contributed by atoms with Crippen LogP contribution in [0.2, 0.25) is 0 Å². The van der Waals surface area contributed by atoms with Gasteiger partial charge in [0.15, 0.2) is 0 Å². The third kappa shape index (κ3) is 1.59. The van der Waals surface area contributed by atoms with Crippen LogP contribution in [0.1, 0.15) is 42.1 Å². The maximum Gasteiger partial charge on any atom is 0.256 e. The monoisotopic (exact) mass is 293 g/mol. The number of fused-ring (bicyclic) bond motifs is 1. The number of imide groups is 1. The van der Waals surface area contributed by atoms with Gasteiger partial charge in [0.05, 0.1) is 17.1 Å². The van der Waals surface area contributed by atoms with Gasteiger partial charge in [0.25, 0.3) is 11.8 Å². The number of nitrogen functional groups attached to an aromatic ring is 1. The van der Waals surface area contributed by atoms with Crippen LogP contribution in [0.4, 0.5) is 5.00 Å². The normalized spacial score (nSPS) is 25.9. The number of piperidine rings is 1. The Morgan fingerprint density at radius 3 is 2.80 bits per heavy atom. The Morgan fingerprint density at radius 2 is 2.20 bits per heavy atom. The second kappa shape index (κ2) is 4.31. The van der Waals surface area contributed by atoms with Gasteiger partial charge in [-0.05, 0) is 12.8 Å². The number of nitrogens with one attached hydrogen (secondary N) is 1. The highest BCUT2D eigenvalue weighted by Crippen LogP contribution is 2.40. The molecule has 2 aliphatic rings. The average molecular weight is 293 g/mol. The van der Waals surface area contributed by atoms with Crippen LogP contribution in [0.25, 0.3) is 0 Å². The summed E-state index contributed by atoms with van der Waals surface area (Å²) in [5, 5.41) is 4.71. The molecule has 20 heavy (non-hydrogen) atoms. The SMILES string of the molecule is CCC1(N2Cc3c(csc3N)C2=O)CCC(=O)NC1=O. The maximum atomic E-state index is 12.5. The Kier molecular flexibility index (Phi) is 2.82. The molecule has 0 bridgehead atoms. The summed E-state index contributed by atoms with van der Waals surface area (Å²) in [6, 6.07) is 0. The first kappa shape index (κ1) is 13.1. The molecular weight excluding hydrogens is 278 g/mol. The number of thiophene rings is 1. The van der Waals surface area contributed by atoms with Crippen LogP contribution >= 0.6 is 11.3 Å². The summed E-state index contributed by atoms with van der Waals surface area (Å²) in [7, 11) is 0. The molecule has 3 rings (SSSR count). The van der Waals surface area contributed by atoms with Gasteiger partial charge in [0.1, 0.15) is 5.54 Å². The fourth-order valence-corrected chi connectivity index (χ4v) is 3.79. The van der Waals surface area contributed by atoms with Gasteiger partial charge in [-0.15, -0.1) is 11.3 Å². The predicted molar refractivity (Wildman–Crippen MR) is 74.0 cm³/mol. The zero-order chi connectivity index (χ0) is 14.5. The van der Waals surface area contributed by atoms with E-state index in [2.05, 4.69) is 5.32 Å². The van der Waals surface area contributed by atoms with Crippen molar-refractivity contribution in [2.75, 3.05) is 5.73 Å². The van der Waals surface area contributed by atoms with Crippen molar-refractivity contribution in [3.8, 4) is 0 Å². The number of nitrogens with zero attached hydrogens (tertiary/aromatic N) is 1. The van der Waals surface area contributed by atoms with Crippen molar-refractivity contribution in [3.63, 3.8) is 0 Å². The lowest BCUT2D eigenvalue weighted by atomic mass is 9.84. The van der Waals surface area contributed by atoms with E-state index in [1.54, 1.807) is 10.3 Å². The Hall–Kier alpha value is -1.89. The van der Waals surface area contributed by atoms with Crippen molar-refractivity contribution in [3.05, 3.63) is 16.5 Å². The highest BCUT2D eigenvalue weighted by molar-refractivity contribution is 7.14. The summed E-state index contributed by atoms with van der Waals surface area (Å²) in [6.07, 6.45) is 1.10. The van der Waals surface area contributed by atoms with Gasteiger partial charge in [-0.3, -0.25) is 19.7 Å². The fourth-order valence-electron chi connectivity index (χ4n) is 2.99. The topological polar surface area (TPSA) is 92.5 Å². The molecule has 0 radical (unpaired) electrons. The quantitative estimate of drug-likeness (QED) is 0.791. The summed E-state index contributed by atoms with van der Waals surface area (Å²) < 4.78 is 0. The molecule has 0 spiro atoms. The summed E-state index contributed by atoms with van der Waals surface area (Å²) in [5.74, 6) is -0.823. The molecule has 106 valence electrons. The molecular formula is C13H15N3O3S. The Balaban J connectivity index is 1.98. The lowest BCUT2D eigenvalue weighted by molar-refractivity contribution is -0.143. The summed E-state index contributed by atoms with van der Waals surface area (Å²) in [4.78, 5) is 37.7. The van der Waals surface area contributed by atoms with E-state index in [0.717, 1.165) is 5.56 Å². The minimum Gasteiger partial charge on any atom is -0.390 e. The van der Waals surface area contributed by atoms with Crippen LogP contribution < -0.4 is 11.1 Å². The van der Waals surface area contributed by atoms with Crippen LogP contribution in [0.5, 0.6) is 0 Å². The largest absolute Gasteiger partial charge is 0.390 e. The Bertz CT molecular complexity index is 624. The van der Waals surface area contributed by atoms with Gasteiger partial charge in [0.2, 0.25) is 5.91 Å². The molecule has 7 heteroatoms. The highest BCUT2D eigenvalue weighted by atomic mass is 32.1. The minimum atomic E-state index is -0.936. The molecule has 3 heterocycles. The smallest absolute Gasteiger partial charge is 0.256 e. The molecule has 3 N–H and O–H groups in total. The number of carbonyl (C=O) groups excluding carboxylic acids is 3. The number of anilines is 1. The lowest BCUT2D eigenvalue weighted by Crippen LogP contribution is -2.62. The fraction of sp³-hybridized carbons (Fsp3) is 0.462. The second-order valence-corrected chi connectivity index (χ2v) is 6.06. The first-order valence-corrected chi connectivity index (χ1v) is 7.39. The minimum absolute atomic E-state index is 0.167. The molecule has 1 atom stereocenters. The van der Waals surface area contributed by atoms with Gasteiger partial charge < -0.3 is 10.6 Å². The molecule has 1 saturated heterocycles. The van der Waals surface area contributed by atoms with Crippen LogP contribution in [-0.2, 0) is 16.1 Å². The van der Waals surface area contributed by atoms with Gasteiger partial charge in [-0.1, -0.05) is 6.92 Å². The molecule has 2 aliphatic heterocycles. The molecule has 0 saturated carbocycles. The first-order valence-electron chi connectivity index (χ1n) is 6.51. The number of nitrogens with two attached hydrogens (primary N) is 1. The third-order valence-corrected chi connectivity index (χ3v) is 5.11. The van der Waals surface area contributed by atoms with E-state index in [9.17, 15) is 14.4 Å². The van der Waals surface area contributed by atoms with Crippen molar-refractivity contribution >= 4 is 34.1 Å². The number of carbonyl (C=O) groups is 3. The number of rotatable bonds is 2.